The first kappa shape index (κ1) is 21.1. The smallest absolute Gasteiger partial charge is 0.196 e. The molecular weight excluding hydrogens is 414 g/mol. The predicted molar refractivity (Wildman–Crippen MR) is 120 cm³/mol. The number of Topliss-reactive ketones (excluding diaryl/α,β-unsaturated/α-hetero) is 1. The summed E-state index contributed by atoms with van der Waals surface area (Å²) in [4.78, 5) is 11.5. The van der Waals surface area contributed by atoms with E-state index in [0.717, 1.165) is 22.1 Å². The summed E-state index contributed by atoms with van der Waals surface area (Å²) in [5, 5.41) is 20.9. The molecule has 8 heteroatoms. The molecule has 7 nitrogen and oxygen atoms in total. The molecule has 2 aromatic carbocycles. The number of aryl methyl sites for hydroxylation is 1. The van der Waals surface area contributed by atoms with E-state index in [1.165, 1.54) is 25.8 Å². The molecule has 2 aromatic heterocycles. The third kappa shape index (κ3) is 4.35. The van der Waals surface area contributed by atoms with Crippen molar-refractivity contribution in [2.24, 2.45) is 0 Å². The third-order valence-corrected chi connectivity index (χ3v) is 6.05. The minimum Gasteiger partial charge on any atom is -0.493 e. The van der Waals surface area contributed by atoms with Crippen molar-refractivity contribution in [2.45, 2.75) is 25.1 Å². The summed E-state index contributed by atoms with van der Waals surface area (Å²) in [5.74, 6) is 1.27. The van der Waals surface area contributed by atoms with E-state index < -0.39 is 6.10 Å². The van der Waals surface area contributed by atoms with Crippen LogP contribution in [0.15, 0.2) is 53.7 Å². The highest BCUT2D eigenvalue weighted by atomic mass is 32.2. The van der Waals surface area contributed by atoms with E-state index in [2.05, 4.69) is 23.2 Å². The number of ether oxygens (including phenoxy) is 2. The van der Waals surface area contributed by atoms with Crippen molar-refractivity contribution in [2.75, 3.05) is 19.5 Å². The molecule has 0 fully saturated rings. The molecule has 0 amide bonds. The van der Waals surface area contributed by atoms with Crippen molar-refractivity contribution in [1.82, 2.24) is 14.6 Å². The molecular formula is C23H23N3O4S. The number of aliphatic hydroxyl groups is 1. The van der Waals surface area contributed by atoms with Crippen LogP contribution in [0.5, 0.6) is 11.5 Å². The van der Waals surface area contributed by atoms with Crippen LogP contribution in [-0.4, -0.2) is 51.1 Å². The summed E-state index contributed by atoms with van der Waals surface area (Å²) in [5.41, 5.74) is 3.50. The van der Waals surface area contributed by atoms with Gasteiger partial charge in [-0.05, 0) is 49.7 Å². The van der Waals surface area contributed by atoms with Crippen LogP contribution in [0.2, 0.25) is 0 Å². The molecule has 2 heterocycles. The zero-order valence-electron chi connectivity index (χ0n) is 17.5. The van der Waals surface area contributed by atoms with Crippen LogP contribution in [0.3, 0.4) is 0 Å². The number of aromatic nitrogens is 3. The lowest BCUT2D eigenvalue weighted by Crippen LogP contribution is -2.20. The Morgan fingerprint density at radius 1 is 1.16 bits per heavy atom. The van der Waals surface area contributed by atoms with Gasteiger partial charge in [0.2, 0.25) is 0 Å². The van der Waals surface area contributed by atoms with Gasteiger partial charge in [-0.15, -0.1) is 10.2 Å². The summed E-state index contributed by atoms with van der Waals surface area (Å²) in [6.07, 6.45) is -0.730. The molecule has 0 unspecified atom stereocenters. The van der Waals surface area contributed by atoms with Gasteiger partial charge < -0.3 is 14.6 Å². The van der Waals surface area contributed by atoms with Gasteiger partial charge in [0.1, 0.15) is 6.61 Å². The van der Waals surface area contributed by atoms with E-state index in [-0.39, 0.29) is 12.4 Å². The zero-order valence-corrected chi connectivity index (χ0v) is 18.3. The summed E-state index contributed by atoms with van der Waals surface area (Å²) in [6.45, 7) is 3.64. The Bertz CT molecular complexity index is 1250. The number of carbonyl (C=O) groups excluding carboxylic acids is 1. The Labute approximate surface area is 184 Å². The molecule has 0 aliphatic carbocycles. The van der Waals surface area contributed by atoms with Gasteiger partial charge in [0, 0.05) is 16.7 Å². The quantitative estimate of drug-likeness (QED) is 0.330. The maximum atomic E-state index is 11.5. The Morgan fingerprint density at radius 3 is 2.74 bits per heavy atom. The lowest BCUT2D eigenvalue weighted by atomic mass is 10.1. The van der Waals surface area contributed by atoms with Gasteiger partial charge in [-0.25, -0.2) is 0 Å². The highest BCUT2D eigenvalue weighted by Crippen LogP contribution is 2.29. The van der Waals surface area contributed by atoms with Crippen LogP contribution >= 0.6 is 11.8 Å². The van der Waals surface area contributed by atoms with Gasteiger partial charge in [-0.1, -0.05) is 30.0 Å². The van der Waals surface area contributed by atoms with Gasteiger partial charge in [-0.3, -0.25) is 9.20 Å². The van der Waals surface area contributed by atoms with Crippen LogP contribution in [-0.2, 0) is 0 Å². The van der Waals surface area contributed by atoms with E-state index in [9.17, 15) is 9.90 Å². The first-order chi connectivity index (χ1) is 15.0. The number of nitrogens with zero attached hydrogens (tertiary/aromatic N) is 3. The summed E-state index contributed by atoms with van der Waals surface area (Å²) in [6, 6.07) is 15.1. The Morgan fingerprint density at radius 2 is 1.97 bits per heavy atom. The monoisotopic (exact) mass is 437 g/mol. The fourth-order valence-electron chi connectivity index (χ4n) is 3.38. The lowest BCUT2D eigenvalue weighted by molar-refractivity contribution is 0.101. The van der Waals surface area contributed by atoms with E-state index in [1.807, 2.05) is 28.7 Å². The summed E-state index contributed by atoms with van der Waals surface area (Å²) >= 11 is 1.42. The fourth-order valence-corrected chi connectivity index (χ4v) is 4.24. The van der Waals surface area contributed by atoms with E-state index in [4.69, 9.17) is 9.47 Å². The van der Waals surface area contributed by atoms with Crippen molar-refractivity contribution in [1.29, 1.82) is 0 Å². The molecule has 0 spiro atoms. The minimum absolute atomic E-state index is 0.0514. The van der Waals surface area contributed by atoms with E-state index in [1.54, 1.807) is 18.2 Å². The summed E-state index contributed by atoms with van der Waals surface area (Å²) < 4.78 is 13.0. The van der Waals surface area contributed by atoms with Gasteiger partial charge in [0.25, 0.3) is 0 Å². The lowest BCUT2D eigenvalue weighted by Gasteiger charge is -2.14. The Kier molecular flexibility index (Phi) is 6.11. The van der Waals surface area contributed by atoms with Crippen molar-refractivity contribution in [3.05, 3.63) is 59.7 Å². The summed E-state index contributed by atoms with van der Waals surface area (Å²) in [7, 11) is 1.51. The number of carbonyl (C=O) groups is 1. The number of para-hydroxylation sites is 1. The maximum Gasteiger partial charge on any atom is 0.196 e. The van der Waals surface area contributed by atoms with Crippen LogP contribution in [0.1, 0.15) is 22.8 Å². The number of fused-ring (bicyclic) bond motifs is 3. The number of benzene rings is 2. The average molecular weight is 438 g/mol. The second kappa shape index (κ2) is 8.95. The molecule has 4 rings (SSSR count). The van der Waals surface area contributed by atoms with E-state index >= 15 is 0 Å². The van der Waals surface area contributed by atoms with Crippen LogP contribution in [0.25, 0.3) is 16.6 Å². The average Bonchev–Trinajstić information content (AvgIpc) is 3.19. The first-order valence-corrected chi connectivity index (χ1v) is 10.8. The normalized spacial score (nSPS) is 12.3. The van der Waals surface area contributed by atoms with Crippen LogP contribution in [0.4, 0.5) is 0 Å². The van der Waals surface area contributed by atoms with Crippen molar-refractivity contribution < 1.29 is 19.4 Å². The molecule has 0 saturated carbocycles. The number of thioether (sulfide) groups is 1. The topological polar surface area (TPSA) is 86.0 Å². The first-order valence-electron chi connectivity index (χ1n) is 9.84. The molecule has 160 valence electrons. The number of rotatable bonds is 8. The zero-order chi connectivity index (χ0) is 22.0. The molecule has 0 aliphatic heterocycles. The standard InChI is InChI=1S/C23H23N3O4S/c1-14-10-22-24-25-23(26(22)19-7-5-4-6-18(14)19)31-13-17(28)12-30-20-9-8-16(15(2)27)11-21(20)29-3/h4-11,17,28H,12-13H2,1-3H3/t17-/m1/s1. The van der Waals surface area contributed by atoms with Gasteiger partial charge in [0.05, 0.1) is 18.7 Å². The van der Waals surface area contributed by atoms with E-state index in [0.29, 0.717) is 28.0 Å². The van der Waals surface area contributed by atoms with Crippen molar-refractivity contribution in [3.8, 4) is 11.5 Å². The Balaban J connectivity index is 1.45. The SMILES string of the molecule is COc1cc(C(C)=O)ccc1OC[C@@H](O)CSc1nnc2cc(C)c3ccccc3n12. The second-order valence-corrected chi connectivity index (χ2v) is 8.21. The molecule has 4 aromatic rings. The number of hydrogen-bond acceptors (Lipinski definition) is 7. The molecule has 0 aliphatic rings. The van der Waals surface area contributed by atoms with Crippen LogP contribution in [0, 0.1) is 6.92 Å². The molecule has 0 radical (unpaired) electrons. The van der Waals surface area contributed by atoms with Crippen LogP contribution < -0.4 is 9.47 Å². The number of pyridine rings is 1. The van der Waals surface area contributed by atoms with Crippen molar-refractivity contribution >= 4 is 34.1 Å². The molecule has 31 heavy (non-hydrogen) atoms. The largest absolute Gasteiger partial charge is 0.493 e. The Hall–Kier alpha value is -3.10. The van der Waals surface area contributed by atoms with Crippen molar-refractivity contribution in [3.63, 3.8) is 0 Å². The number of methoxy groups -OCH3 is 1. The molecule has 1 atom stereocenters. The third-order valence-electron chi connectivity index (χ3n) is 4.98. The fraction of sp³-hybridized carbons (Fsp3) is 0.261. The highest BCUT2D eigenvalue weighted by molar-refractivity contribution is 7.99. The predicted octanol–water partition coefficient (Wildman–Crippen LogP) is 3.93. The highest BCUT2D eigenvalue weighted by Gasteiger charge is 2.15. The minimum atomic E-state index is -0.730. The maximum absolute atomic E-state index is 11.5. The second-order valence-electron chi connectivity index (χ2n) is 7.22. The number of hydrogen-bond donors (Lipinski definition) is 1. The number of aliphatic hydroxyl groups excluding tert-OH is 1. The molecule has 1 N–H and O–H groups in total. The number of ketones is 1. The van der Waals surface area contributed by atoms with Gasteiger partial charge in [0.15, 0.2) is 28.1 Å². The van der Waals surface area contributed by atoms with Gasteiger partial charge in [-0.2, -0.15) is 0 Å². The molecule has 0 saturated heterocycles. The van der Waals surface area contributed by atoms with Gasteiger partial charge >= 0.3 is 0 Å². The molecule has 0 bridgehead atoms.